The van der Waals surface area contributed by atoms with Crippen molar-refractivity contribution in [3.63, 3.8) is 0 Å². The van der Waals surface area contributed by atoms with Gasteiger partial charge in [-0.3, -0.25) is 4.57 Å². The first kappa shape index (κ1) is 15.1. The molecule has 1 saturated carbocycles. The summed E-state index contributed by atoms with van der Waals surface area (Å²) in [6.45, 7) is 2.05. The maximum atomic E-state index is 10.3. The molecule has 0 unspecified atom stereocenters. The molecule has 0 spiro atoms. The summed E-state index contributed by atoms with van der Waals surface area (Å²) in [4.78, 5) is 13.5. The van der Waals surface area contributed by atoms with Crippen molar-refractivity contribution >= 4 is 11.3 Å². The Bertz CT molecular complexity index is 837. The fourth-order valence-electron chi connectivity index (χ4n) is 3.70. The Morgan fingerprint density at radius 3 is 2.58 bits per heavy atom. The van der Waals surface area contributed by atoms with E-state index in [1.807, 2.05) is 43.5 Å². The van der Waals surface area contributed by atoms with E-state index in [4.69, 9.17) is 4.98 Å². The van der Waals surface area contributed by atoms with Crippen molar-refractivity contribution < 1.29 is 5.11 Å². The molecule has 3 aromatic rings. The summed E-state index contributed by atoms with van der Waals surface area (Å²) < 4.78 is 1.78. The molecule has 1 aliphatic rings. The van der Waals surface area contributed by atoms with Crippen molar-refractivity contribution in [2.45, 2.75) is 51.0 Å². The number of fused-ring (bicyclic) bond motifs is 1. The second-order valence-electron chi connectivity index (χ2n) is 6.65. The lowest BCUT2D eigenvalue weighted by Crippen LogP contribution is -2.10. The Morgan fingerprint density at radius 1 is 1.08 bits per heavy atom. The Morgan fingerprint density at radius 2 is 1.83 bits per heavy atom. The van der Waals surface area contributed by atoms with Crippen LogP contribution in [0.5, 0.6) is 6.01 Å². The summed E-state index contributed by atoms with van der Waals surface area (Å²) in [6.07, 6.45) is 8.02. The minimum absolute atomic E-state index is 0.0258. The summed E-state index contributed by atoms with van der Waals surface area (Å²) in [6, 6.07) is 10.0. The van der Waals surface area contributed by atoms with E-state index < -0.39 is 0 Å². The zero-order chi connectivity index (χ0) is 16.5. The van der Waals surface area contributed by atoms with Crippen LogP contribution in [0, 0.1) is 0 Å². The van der Waals surface area contributed by atoms with Crippen molar-refractivity contribution in [1.82, 2.24) is 19.5 Å². The monoisotopic (exact) mass is 322 g/mol. The van der Waals surface area contributed by atoms with E-state index in [2.05, 4.69) is 9.97 Å². The summed E-state index contributed by atoms with van der Waals surface area (Å²) in [5.74, 6) is 0.480. The van der Waals surface area contributed by atoms with Crippen LogP contribution < -0.4 is 0 Å². The second kappa shape index (κ2) is 6.23. The number of hydrogen-bond acceptors (Lipinski definition) is 4. The van der Waals surface area contributed by atoms with Crippen molar-refractivity contribution in [1.29, 1.82) is 0 Å². The van der Waals surface area contributed by atoms with Crippen LogP contribution in [0.3, 0.4) is 0 Å². The van der Waals surface area contributed by atoms with E-state index in [1.54, 1.807) is 4.57 Å². The van der Waals surface area contributed by atoms with Gasteiger partial charge in [0.25, 0.3) is 6.01 Å². The molecular formula is C19H22N4O. The molecule has 0 amide bonds. The van der Waals surface area contributed by atoms with Gasteiger partial charge in [-0.2, -0.15) is 4.98 Å². The lowest BCUT2D eigenvalue weighted by atomic mass is 9.87. The van der Waals surface area contributed by atoms with E-state index in [-0.39, 0.29) is 12.1 Å². The molecule has 1 fully saturated rings. The highest BCUT2D eigenvalue weighted by Gasteiger charge is 2.22. The smallest absolute Gasteiger partial charge is 0.298 e. The van der Waals surface area contributed by atoms with Gasteiger partial charge in [-0.05, 0) is 25.3 Å². The second-order valence-corrected chi connectivity index (χ2v) is 6.65. The van der Waals surface area contributed by atoms with Crippen molar-refractivity contribution in [3.05, 3.63) is 47.8 Å². The number of imidazole rings is 1. The Kier molecular flexibility index (Phi) is 3.92. The molecule has 1 aliphatic carbocycles. The van der Waals surface area contributed by atoms with E-state index >= 15 is 0 Å². The van der Waals surface area contributed by atoms with E-state index in [0.29, 0.717) is 17.2 Å². The molecule has 1 aromatic carbocycles. The van der Waals surface area contributed by atoms with Gasteiger partial charge in [-0.1, -0.05) is 49.6 Å². The Balaban J connectivity index is 1.78. The molecule has 0 radical (unpaired) electrons. The third kappa shape index (κ3) is 2.64. The zero-order valence-corrected chi connectivity index (χ0v) is 13.9. The van der Waals surface area contributed by atoms with Crippen LogP contribution in [0.1, 0.15) is 62.2 Å². The maximum Gasteiger partial charge on any atom is 0.298 e. The van der Waals surface area contributed by atoms with Crippen LogP contribution in [0.25, 0.3) is 11.3 Å². The molecule has 5 heteroatoms. The molecule has 1 atom stereocenters. The van der Waals surface area contributed by atoms with E-state index in [9.17, 15) is 5.11 Å². The third-order valence-corrected chi connectivity index (χ3v) is 5.10. The predicted molar refractivity (Wildman–Crippen MR) is 93.1 cm³/mol. The van der Waals surface area contributed by atoms with Gasteiger partial charge in [-0.15, -0.1) is 0 Å². The highest BCUT2D eigenvalue weighted by Crippen LogP contribution is 2.33. The first-order valence-corrected chi connectivity index (χ1v) is 8.73. The van der Waals surface area contributed by atoms with Gasteiger partial charge in [-0.25, -0.2) is 9.97 Å². The Labute approximate surface area is 141 Å². The van der Waals surface area contributed by atoms with Gasteiger partial charge < -0.3 is 5.11 Å². The van der Waals surface area contributed by atoms with Gasteiger partial charge in [0.05, 0.1) is 17.9 Å². The van der Waals surface area contributed by atoms with Crippen molar-refractivity contribution in [3.8, 4) is 6.01 Å². The molecule has 2 aromatic heterocycles. The van der Waals surface area contributed by atoms with Crippen molar-refractivity contribution in [2.75, 3.05) is 0 Å². The van der Waals surface area contributed by atoms with Crippen LogP contribution in [-0.4, -0.2) is 24.6 Å². The van der Waals surface area contributed by atoms with Gasteiger partial charge in [0.15, 0.2) is 5.65 Å². The number of aromatic hydroxyl groups is 1. The van der Waals surface area contributed by atoms with E-state index in [1.165, 1.54) is 32.1 Å². The molecular weight excluding hydrogens is 300 g/mol. The quantitative estimate of drug-likeness (QED) is 0.785. The van der Waals surface area contributed by atoms with Crippen LogP contribution >= 0.6 is 0 Å². The lowest BCUT2D eigenvalue weighted by Gasteiger charge is -2.21. The first-order valence-electron chi connectivity index (χ1n) is 8.73. The molecule has 0 aliphatic heterocycles. The topological polar surface area (TPSA) is 63.8 Å². The van der Waals surface area contributed by atoms with Gasteiger partial charge in [0.2, 0.25) is 5.65 Å². The van der Waals surface area contributed by atoms with Crippen molar-refractivity contribution in [2.24, 2.45) is 0 Å². The largest absolute Gasteiger partial charge is 0.480 e. The molecule has 4 rings (SSSR count). The van der Waals surface area contributed by atoms with Crippen LogP contribution in [0.4, 0.5) is 0 Å². The Hall–Kier alpha value is -2.43. The number of aromatic nitrogens is 4. The number of rotatable bonds is 3. The average molecular weight is 322 g/mol. The fraction of sp³-hybridized carbons (Fsp3) is 0.421. The molecule has 5 nitrogen and oxygen atoms in total. The number of benzene rings is 1. The fourth-order valence-corrected chi connectivity index (χ4v) is 3.70. The van der Waals surface area contributed by atoms with Gasteiger partial charge in [0.1, 0.15) is 0 Å². The summed E-state index contributed by atoms with van der Waals surface area (Å²) >= 11 is 0. The predicted octanol–water partition coefficient (Wildman–Crippen LogP) is 4.19. The average Bonchev–Trinajstić information content (AvgIpc) is 2.97. The standard InChI is InChI=1S/C19H22N4O/c1-13(14-8-4-2-5-9-14)23-18-17(22-19(23)24)20-12-16(21-18)15-10-6-3-7-11-15/h2,4-5,8-9,12-13,15H,3,6-7,10-11H2,1H3,(H,20,22,24)/t13-/m0/s1. The summed E-state index contributed by atoms with van der Waals surface area (Å²) in [7, 11) is 0. The number of hydrogen-bond donors (Lipinski definition) is 1. The zero-order valence-electron chi connectivity index (χ0n) is 13.9. The molecule has 0 bridgehead atoms. The summed E-state index contributed by atoms with van der Waals surface area (Å²) in [5, 5.41) is 10.3. The number of nitrogens with zero attached hydrogens (tertiary/aromatic N) is 4. The van der Waals surface area contributed by atoms with Gasteiger partial charge in [0, 0.05) is 5.92 Å². The SMILES string of the molecule is C[C@@H](c1ccccc1)n1c(O)nc2ncc(C3CCCCC3)nc21. The summed E-state index contributed by atoms with van der Waals surface area (Å²) in [5.41, 5.74) is 3.32. The van der Waals surface area contributed by atoms with Crippen LogP contribution in [0.15, 0.2) is 36.5 Å². The van der Waals surface area contributed by atoms with E-state index in [0.717, 1.165) is 11.3 Å². The molecule has 2 heterocycles. The minimum atomic E-state index is -0.0490. The van der Waals surface area contributed by atoms with Crippen LogP contribution in [0.2, 0.25) is 0 Å². The molecule has 1 N–H and O–H groups in total. The lowest BCUT2D eigenvalue weighted by molar-refractivity contribution is 0.392. The third-order valence-electron chi connectivity index (χ3n) is 5.10. The highest BCUT2D eigenvalue weighted by atomic mass is 16.3. The maximum absolute atomic E-state index is 10.3. The van der Waals surface area contributed by atoms with Crippen LogP contribution in [-0.2, 0) is 0 Å². The first-order chi connectivity index (χ1) is 11.7. The molecule has 124 valence electrons. The molecule has 0 saturated heterocycles. The molecule has 24 heavy (non-hydrogen) atoms. The van der Waals surface area contributed by atoms with Gasteiger partial charge >= 0.3 is 0 Å². The normalized spacial score (nSPS) is 17.2. The minimum Gasteiger partial charge on any atom is -0.480 e. The highest BCUT2D eigenvalue weighted by molar-refractivity contribution is 5.68.